The van der Waals surface area contributed by atoms with Gasteiger partial charge in [0.25, 0.3) is 40.1 Å². The summed E-state index contributed by atoms with van der Waals surface area (Å²) in [5, 5.41) is 5.86. The summed E-state index contributed by atoms with van der Waals surface area (Å²) in [5.41, 5.74) is 11.3. The molecular formula is C93H76Cl2FN13O16S8. The molecule has 4 aliphatic heterocycles. The summed E-state index contributed by atoms with van der Waals surface area (Å²) in [4.78, 5) is 22.2. The van der Waals surface area contributed by atoms with Gasteiger partial charge in [0, 0.05) is 112 Å². The fraction of sp³-hybridized carbons (Fsp3) is 0.108. The van der Waals surface area contributed by atoms with Crippen molar-refractivity contribution >= 4 is 192 Å². The van der Waals surface area contributed by atoms with Gasteiger partial charge in [-0.05, 0) is 235 Å². The van der Waals surface area contributed by atoms with E-state index in [1.807, 2.05) is 141 Å². The third kappa shape index (κ3) is 19.4. The maximum Gasteiger partial charge on any atom is 0.263 e. The van der Waals surface area contributed by atoms with Crippen LogP contribution >= 0.6 is 23.2 Å². The molecule has 11 aromatic carbocycles. The van der Waals surface area contributed by atoms with E-state index in [-0.39, 0.29) is 64.6 Å². The van der Waals surface area contributed by atoms with Crippen LogP contribution in [0.2, 0.25) is 10.0 Å². The van der Waals surface area contributed by atoms with Crippen LogP contribution in [0.4, 0.5) is 49.9 Å². The SMILES string of the molecule is Cc1ccc(NS(=O)(=O)c2ccc(N3CCS3(=O)=O)cc2)cc1-c1ccc2ncccc2n1.Cc1ccc(NS(=O)(=O)c2ccc(N3CCS3(=O)=O)cc2)cc1-c1nccc2ccccc12.O=S(=O)(Nc1ccc(Cl)c(-c2nccc3ccccc23)c1)c1ccc(N2CCS2(=O)=O)cc1Cl.O=S(=O)(Nc1ccc(F)c(-c2nccc3ccccc23)c1)c1ccc(N2CCS2(=O)=O)cc1. The highest BCUT2D eigenvalue weighted by Gasteiger charge is 2.37. The van der Waals surface area contributed by atoms with Gasteiger partial charge >= 0.3 is 0 Å². The first kappa shape index (κ1) is 91.6. The Morgan fingerprint density at radius 3 is 1.10 bits per heavy atom. The average molecular weight is 1980 g/mol. The lowest BCUT2D eigenvalue weighted by molar-refractivity contribution is 0.577. The second kappa shape index (κ2) is 36.4. The third-order valence-corrected chi connectivity index (χ3v) is 35.7. The van der Waals surface area contributed by atoms with Gasteiger partial charge in [-0.2, -0.15) is 0 Å². The van der Waals surface area contributed by atoms with Crippen molar-refractivity contribution in [1.82, 2.24) is 24.9 Å². The first-order chi connectivity index (χ1) is 63.4. The van der Waals surface area contributed by atoms with Crippen LogP contribution in [0.3, 0.4) is 0 Å². The maximum absolute atomic E-state index is 14.7. The van der Waals surface area contributed by atoms with Crippen molar-refractivity contribution in [3.63, 3.8) is 0 Å². The van der Waals surface area contributed by atoms with Gasteiger partial charge in [-0.3, -0.25) is 56.0 Å². The predicted molar refractivity (Wildman–Crippen MR) is 519 cm³/mol. The topological polar surface area (TPSA) is 399 Å². The number of fused-ring (bicyclic) bond motifs is 4. The van der Waals surface area contributed by atoms with Crippen molar-refractivity contribution < 1.29 is 71.7 Å². The van der Waals surface area contributed by atoms with Gasteiger partial charge in [0.15, 0.2) is 0 Å². The van der Waals surface area contributed by atoms with E-state index < -0.39 is 86.0 Å². The Bertz CT molecular complexity index is 8100. The minimum atomic E-state index is -4.07. The lowest BCUT2D eigenvalue weighted by Crippen LogP contribution is -2.47. The molecule has 9 heterocycles. The van der Waals surface area contributed by atoms with Crippen molar-refractivity contribution in [2.45, 2.75) is 33.4 Å². The molecule has 0 unspecified atom stereocenters. The first-order valence-electron chi connectivity index (χ1n) is 40.7. The summed E-state index contributed by atoms with van der Waals surface area (Å²) in [6.07, 6.45) is 6.70. The second-order valence-electron chi connectivity index (χ2n) is 30.9. The Morgan fingerprint density at radius 2 is 0.677 bits per heavy atom. The van der Waals surface area contributed by atoms with Crippen LogP contribution in [0.5, 0.6) is 0 Å². The molecule has 4 fully saturated rings. The molecule has 16 aromatic rings. The molecule has 0 saturated carbocycles. The van der Waals surface area contributed by atoms with Crippen LogP contribution in [0.1, 0.15) is 11.1 Å². The van der Waals surface area contributed by atoms with Crippen LogP contribution in [0, 0.1) is 19.7 Å². The van der Waals surface area contributed by atoms with E-state index in [0.717, 1.165) is 71.3 Å². The van der Waals surface area contributed by atoms with Gasteiger partial charge < -0.3 is 0 Å². The molecule has 20 rings (SSSR count). The Hall–Kier alpha value is -13.3. The zero-order valence-corrected chi connectivity index (χ0v) is 78.0. The third-order valence-electron chi connectivity index (χ3n) is 22.3. The molecule has 0 amide bonds. The first-order valence-corrected chi connectivity index (χ1v) is 53.8. The molecule has 4 aliphatic rings. The van der Waals surface area contributed by atoms with Crippen molar-refractivity contribution in [3.8, 4) is 45.0 Å². The Balaban J connectivity index is 0.000000124. The largest absolute Gasteiger partial charge is 0.280 e. The number of aryl methyl sites for hydroxylation is 2. The summed E-state index contributed by atoms with van der Waals surface area (Å²) in [6, 6.07) is 76.7. The summed E-state index contributed by atoms with van der Waals surface area (Å²) in [5.74, 6) is -0.186. The Morgan fingerprint density at radius 1 is 0.316 bits per heavy atom. The van der Waals surface area contributed by atoms with E-state index in [1.54, 1.807) is 67.3 Å². The number of rotatable bonds is 20. The smallest absolute Gasteiger partial charge is 0.263 e. The van der Waals surface area contributed by atoms with Crippen LogP contribution < -0.4 is 36.1 Å². The van der Waals surface area contributed by atoms with Crippen molar-refractivity contribution in [3.05, 3.63) is 331 Å². The molecule has 678 valence electrons. The number of benzene rings is 11. The Labute approximate surface area is 777 Å². The fourth-order valence-electron chi connectivity index (χ4n) is 15.1. The molecule has 0 bridgehead atoms. The minimum Gasteiger partial charge on any atom is -0.280 e. The molecule has 29 nitrogen and oxygen atoms in total. The zero-order valence-electron chi connectivity index (χ0n) is 70.0. The number of pyridine rings is 5. The van der Waals surface area contributed by atoms with Gasteiger partial charge in [-0.25, -0.2) is 76.7 Å². The van der Waals surface area contributed by atoms with Gasteiger partial charge in [-0.15, -0.1) is 0 Å². The Kier molecular flexibility index (Phi) is 25.0. The molecule has 4 N–H and O–H groups in total. The maximum atomic E-state index is 14.7. The molecule has 0 radical (unpaired) electrons. The minimum absolute atomic E-state index is 0.0428. The van der Waals surface area contributed by atoms with Crippen LogP contribution in [0.25, 0.3) is 88.4 Å². The quantitative estimate of drug-likeness (QED) is 0.0550. The lowest BCUT2D eigenvalue weighted by atomic mass is 10.00. The number of anilines is 8. The molecule has 133 heavy (non-hydrogen) atoms. The standard InChI is InChI=1S/C24H21N3O4S2.C23H17Cl2N3O4S2.C23H18FN3O4S2.C23H20N4O4S2/c1-17-6-7-19(16-23(17)24-22-5-3-2-4-18(22)12-13-25-24)26-33(30,31)21-10-8-20(9-11-21)27-14-15-32(27,28)29;24-20-7-5-16(13-19(20)23-18-4-2-1-3-15(18)9-10-26-23)27-34(31,32)22-8-6-17(14-21(22)25)28-11-12-33(28,29)30;24-22-10-5-17(15-21(22)23-20-4-2-1-3-16(20)11-12-25-23)26-33(30,31)19-8-6-18(7-9-19)27-13-14-32(27,28)29;1-16-4-5-17(15-20(16)21-10-11-22-23(25-21)3-2-12-24-22)26-33(30,31)19-8-6-18(7-9-19)27-13-14-32(27,28)29/h2-13,16,26H,14-15H2,1H3;1-10,13-14,27H,11-12H2;1-12,15,26H,13-14H2;2-12,15,26H,13-14H2,1H3. The van der Waals surface area contributed by atoms with E-state index in [9.17, 15) is 71.7 Å². The number of sulfonamides is 8. The highest BCUT2D eigenvalue weighted by atomic mass is 35.5. The number of hydrogen-bond donors (Lipinski definition) is 4. The van der Waals surface area contributed by atoms with E-state index in [1.165, 1.54) is 126 Å². The van der Waals surface area contributed by atoms with E-state index in [0.29, 0.717) is 88.0 Å². The van der Waals surface area contributed by atoms with Gasteiger partial charge in [0.05, 0.1) is 104 Å². The lowest BCUT2D eigenvalue weighted by Gasteiger charge is -2.32. The normalized spacial score (nSPS) is 15.2. The van der Waals surface area contributed by atoms with Crippen molar-refractivity contribution in [2.75, 3.05) is 85.3 Å². The summed E-state index contributed by atoms with van der Waals surface area (Å²) in [7, 11) is -29.0. The van der Waals surface area contributed by atoms with Gasteiger partial charge in [0.1, 0.15) is 10.7 Å². The fourth-order valence-corrected chi connectivity index (χ4v) is 24.5. The molecule has 0 aliphatic carbocycles. The van der Waals surface area contributed by atoms with Crippen LogP contribution in [-0.2, 0) is 80.2 Å². The average Bonchev–Trinajstić information content (AvgIpc) is 0.770. The van der Waals surface area contributed by atoms with Crippen molar-refractivity contribution in [1.29, 1.82) is 0 Å². The zero-order chi connectivity index (χ0) is 93.7. The molecule has 0 atom stereocenters. The van der Waals surface area contributed by atoms with E-state index in [4.69, 9.17) is 23.2 Å². The number of aromatic nitrogens is 5. The monoisotopic (exact) mass is 1980 g/mol. The summed E-state index contributed by atoms with van der Waals surface area (Å²) < 4.78 is 228. The highest BCUT2D eigenvalue weighted by molar-refractivity contribution is 7.95. The highest BCUT2D eigenvalue weighted by Crippen LogP contribution is 2.41. The number of halogens is 3. The summed E-state index contributed by atoms with van der Waals surface area (Å²) >= 11 is 12.7. The number of nitrogens with zero attached hydrogens (tertiary/aromatic N) is 9. The van der Waals surface area contributed by atoms with Gasteiger partial charge in [-0.1, -0.05) is 108 Å². The molecule has 5 aromatic heterocycles. The summed E-state index contributed by atoms with van der Waals surface area (Å²) in [6.45, 7) is 5.40. The number of hydrogen-bond acceptors (Lipinski definition) is 21. The van der Waals surface area contributed by atoms with Crippen LogP contribution in [-0.4, -0.2) is 141 Å². The predicted octanol–water partition coefficient (Wildman–Crippen LogP) is 16.9. The molecule has 4 saturated heterocycles. The molecule has 40 heteroatoms. The number of nitrogens with one attached hydrogen (secondary N) is 4. The molecule has 0 spiro atoms. The van der Waals surface area contributed by atoms with E-state index >= 15 is 0 Å². The molecular weight excluding hydrogens is 1900 g/mol. The van der Waals surface area contributed by atoms with Gasteiger partial charge in [0.2, 0.25) is 40.1 Å². The van der Waals surface area contributed by atoms with Crippen molar-refractivity contribution in [2.24, 2.45) is 0 Å². The second-order valence-corrected chi connectivity index (χ2v) is 46.5. The van der Waals surface area contributed by atoms with E-state index in [2.05, 4.69) is 43.8 Å². The van der Waals surface area contributed by atoms with Crippen LogP contribution in [0.15, 0.2) is 323 Å².